The Kier molecular flexibility index (Phi) is 3.94. The molecule has 3 N–H and O–H groups in total. The van der Waals surface area contributed by atoms with Crippen LogP contribution >= 0.6 is 11.3 Å². The number of rotatable bonds is 3. The maximum absolute atomic E-state index is 12.5. The normalized spacial score (nSPS) is 13.7. The molecule has 2 aromatic heterocycles. The highest BCUT2D eigenvalue weighted by Gasteiger charge is 2.20. The lowest BCUT2D eigenvalue weighted by Crippen LogP contribution is -2.22. The monoisotopic (exact) mass is 337 g/mol. The zero-order valence-corrected chi connectivity index (χ0v) is 14.2. The highest BCUT2D eigenvalue weighted by atomic mass is 32.1. The number of amides is 1. The third-order valence-corrected chi connectivity index (χ3v) is 5.62. The Morgan fingerprint density at radius 3 is 2.83 bits per heavy atom. The van der Waals surface area contributed by atoms with Crippen LogP contribution in [0.1, 0.15) is 39.3 Å². The lowest BCUT2D eigenvalue weighted by molar-refractivity contribution is 0.0956. The summed E-state index contributed by atoms with van der Waals surface area (Å²) in [4.78, 5) is 18.7. The molecular weight excluding hydrogens is 318 g/mol. The lowest BCUT2D eigenvalue weighted by Gasteiger charge is -2.14. The first-order valence-electron chi connectivity index (χ1n) is 8.25. The molecular formula is C19H19N3OS. The number of nitrogens with two attached hydrogens (primary N) is 1. The number of hydrogen-bond donors (Lipinski definition) is 2. The fourth-order valence-corrected chi connectivity index (χ4v) is 4.20. The summed E-state index contributed by atoms with van der Waals surface area (Å²) in [5.41, 5.74) is 10.3. The molecule has 0 saturated heterocycles. The number of aromatic nitrogens is 1. The molecule has 0 atom stereocenters. The number of nitrogen functional groups attached to an aromatic ring is 1. The van der Waals surface area contributed by atoms with Crippen molar-refractivity contribution < 1.29 is 4.79 Å². The summed E-state index contributed by atoms with van der Waals surface area (Å²) in [7, 11) is 0. The van der Waals surface area contributed by atoms with Gasteiger partial charge < -0.3 is 11.1 Å². The van der Waals surface area contributed by atoms with Crippen molar-refractivity contribution in [1.82, 2.24) is 10.3 Å². The summed E-state index contributed by atoms with van der Waals surface area (Å²) in [5, 5.41) is 3.87. The standard InChI is InChI=1S/C19H19N3OS/c20-16-14-10-13-8-4-5-9-15(13)22-19(14)24-17(16)18(23)21-11-12-6-2-1-3-7-12/h1-3,6-7,10H,4-5,8-9,11,20H2,(H,21,23). The van der Waals surface area contributed by atoms with Gasteiger partial charge in [0.2, 0.25) is 0 Å². The highest BCUT2D eigenvalue weighted by molar-refractivity contribution is 7.21. The molecule has 1 amide bonds. The quantitative estimate of drug-likeness (QED) is 0.766. The minimum atomic E-state index is -0.127. The van der Waals surface area contributed by atoms with E-state index in [2.05, 4.69) is 11.4 Å². The number of nitrogens with one attached hydrogen (secondary N) is 1. The van der Waals surface area contributed by atoms with Crippen molar-refractivity contribution >= 4 is 33.1 Å². The number of carbonyl (C=O) groups excluding carboxylic acids is 1. The predicted octanol–water partition coefficient (Wildman–Crippen LogP) is 3.69. The number of hydrogen-bond acceptors (Lipinski definition) is 4. The van der Waals surface area contributed by atoms with E-state index in [4.69, 9.17) is 10.7 Å². The van der Waals surface area contributed by atoms with E-state index in [0.717, 1.165) is 28.6 Å². The maximum atomic E-state index is 12.5. The second-order valence-corrected chi connectivity index (χ2v) is 7.17. The number of nitrogens with zero attached hydrogens (tertiary/aromatic N) is 1. The Labute approximate surface area is 144 Å². The molecule has 4 rings (SSSR count). The van der Waals surface area contributed by atoms with Crippen molar-refractivity contribution in [2.75, 3.05) is 5.73 Å². The van der Waals surface area contributed by atoms with Crippen LogP contribution in [0.2, 0.25) is 0 Å². The molecule has 0 unspecified atom stereocenters. The van der Waals surface area contributed by atoms with Gasteiger partial charge in [-0.1, -0.05) is 30.3 Å². The average Bonchev–Trinajstić information content (AvgIpc) is 2.95. The van der Waals surface area contributed by atoms with Crippen LogP contribution in [0.4, 0.5) is 5.69 Å². The lowest BCUT2D eigenvalue weighted by atomic mass is 9.95. The largest absolute Gasteiger partial charge is 0.397 e. The second kappa shape index (κ2) is 6.24. The Hall–Kier alpha value is -2.40. The highest BCUT2D eigenvalue weighted by Crippen LogP contribution is 2.35. The summed E-state index contributed by atoms with van der Waals surface area (Å²) in [6, 6.07) is 12.0. The number of carbonyl (C=O) groups is 1. The second-order valence-electron chi connectivity index (χ2n) is 6.17. The fraction of sp³-hybridized carbons (Fsp3) is 0.263. The molecule has 0 fully saturated rings. The average molecular weight is 337 g/mol. The van der Waals surface area contributed by atoms with Gasteiger partial charge in [0.15, 0.2) is 0 Å². The molecule has 0 radical (unpaired) electrons. The summed E-state index contributed by atoms with van der Waals surface area (Å²) in [6.07, 6.45) is 4.48. The van der Waals surface area contributed by atoms with E-state index in [1.54, 1.807) is 0 Å². The first-order chi connectivity index (χ1) is 11.7. The Bertz CT molecular complexity index is 902. The van der Waals surface area contributed by atoms with Crippen LogP contribution in [0, 0.1) is 0 Å². The summed E-state index contributed by atoms with van der Waals surface area (Å²) in [5.74, 6) is -0.127. The number of pyridine rings is 1. The molecule has 1 aliphatic carbocycles. The summed E-state index contributed by atoms with van der Waals surface area (Å²) in [6.45, 7) is 0.497. The Morgan fingerprint density at radius 1 is 1.21 bits per heavy atom. The van der Waals surface area contributed by atoms with E-state index in [9.17, 15) is 4.79 Å². The fourth-order valence-electron chi connectivity index (χ4n) is 3.19. The van der Waals surface area contributed by atoms with Gasteiger partial charge in [-0.05, 0) is 42.9 Å². The van der Waals surface area contributed by atoms with Crippen LogP contribution in [0.25, 0.3) is 10.2 Å². The van der Waals surface area contributed by atoms with E-state index in [1.165, 1.54) is 35.4 Å². The van der Waals surface area contributed by atoms with Crippen LogP contribution in [0.3, 0.4) is 0 Å². The van der Waals surface area contributed by atoms with Crippen molar-refractivity contribution in [2.45, 2.75) is 32.2 Å². The van der Waals surface area contributed by atoms with Crippen molar-refractivity contribution in [2.24, 2.45) is 0 Å². The van der Waals surface area contributed by atoms with Gasteiger partial charge in [-0.25, -0.2) is 4.98 Å². The van der Waals surface area contributed by atoms with E-state index in [0.29, 0.717) is 17.1 Å². The third kappa shape index (κ3) is 2.76. The molecule has 5 heteroatoms. The third-order valence-electron chi connectivity index (χ3n) is 4.50. The van der Waals surface area contributed by atoms with E-state index in [1.807, 2.05) is 30.3 Å². The zero-order chi connectivity index (χ0) is 16.5. The van der Waals surface area contributed by atoms with Crippen LogP contribution in [-0.2, 0) is 19.4 Å². The number of fused-ring (bicyclic) bond motifs is 2. The van der Waals surface area contributed by atoms with Gasteiger partial charge in [-0.3, -0.25) is 4.79 Å². The molecule has 0 saturated carbocycles. The molecule has 3 aromatic rings. The molecule has 0 aliphatic heterocycles. The predicted molar refractivity (Wildman–Crippen MR) is 98.3 cm³/mol. The van der Waals surface area contributed by atoms with Gasteiger partial charge in [-0.15, -0.1) is 11.3 Å². The van der Waals surface area contributed by atoms with Crippen molar-refractivity contribution in [3.63, 3.8) is 0 Å². The van der Waals surface area contributed by atoms with Gasteiger partial charge in [0, 0.05) is 17.6 Å². The van der Waals surface area contributed by atoms with Crippen molar-refractivity contribution in [3.05, 3.63) is 58.1 Å². The van der Waals surface area contributed by atoms with E-state index < -0.39 is 0 Å². The van der Waals surface area contributed by atoms with Crippen LogP contribution < -0.4 is 11.1 Å². The number of anilines is 1. The number of aryl methyl sites for hydroxylation is 2. The van der Waals surface area contributed by atoms with Gasteiger partial charge in [0.05, 0.1) is 5.69 Å². The van der Waals surface area contributed by atoms with Crippen molar-refractivity contribution in [3.8, 4) is 0 Å². The van der Waals surface area contributed by atoms with Gasteiger partial charge in [0.1, 0.15) is 9.71 Å². The van der Waals surface area contributed by atoms with Gasteiger partial charge >= 0.3 is 0 Å². The molecule has 24 heavy (non-hydrogen) atoms. The van der Waals surface area contributed by atoms with Crippen molar-refractivity contribution in [1.29, 1.82) is 0 Å². The topological polar surface area (TPSA) is 68.0 Å². The van der Waals surface area contributed by atoms with Crippen LogP contribution in [-0.4, -0.2) is 10.9 Å². The van der Waals surface area contributed by atoms with Gasteiger partial charge in [0.25, 0.3) is 5.91 Å². The number of benzene rings is 1. The Morgan fingerprint density at radius 2 is 2.00 bits per heavy atom. The Balaban J connectivity index is 1.61. The maximum Gasteiger partial charge on any atom is 0.263 e. The van der Waals surface area contributed by atoms with Crippen LogP contribution in [0.5, 0.6) is 0 Å². The molecule has 0 bridgehead atoms. The minimum absolute atomic E-state index is 0.127. The molecule has 4 nitrogen and oxygen atoms in total. The smallest absolute Gasteiger partial charge is 0.263 e. The first kappa shape index (κ1) is 15.1. The molecule has 0 spiro atoms. The summed E-state index contributed by atoms with van der Waals surface area (Å²) >= 11 is 1.39. The summed E-state index contributed by atoms with van der Waals surface area (Å²) < 4.78 is 0. The number of thiophene rings is 1. The van der Waals surface area contributed by atoms with Crippen LogP contribution in [0.15, 0.2) is 36.4 Å². The SMILES string of the molecule is Nc1c(C(=O)NCc2ccccc2)sc2nc3c(cc12)CCCC3. The molecule has 1 aromatic carbocycles. The molecule has 122 valence electrons. The van der Waals surface area contributed by atoms with E-state index >= 15 is 0 Å². The molecule has 2 heterocycles. The van der Waals surface area contributed by atoms with E-state index in [-0.39, 0.29) is 5.91 Å². The molecule has 1 aliphatic rings. The zero-order valence-electron chi connectivity index (χ0n) is 13.3. The minimum Gasteiger partial charge on any atom is -0.397 e. The first-order valence-corrected chi connectivity index (χ1v) is 9.07. The van der Waals surface area contributed by atoms with Gasteiger partial charge in [-0.2, -0.15) is 0 Å².